The van der Waals surface area contributed by atoms with Crippen molar-refractivity contribution in [2.75, 3.05) is 6.54 Å². The maximum absolute atomic E-state index is 13.2. The highest BCUT2D eigenvalue weighted by Gasteiger charge is 2.53. The summed E-state index contributed by atoms with van der Waals surface area (Å²) in [6.07, 6.45) is 4.03. The standard InChI is InChI=1S/C24H24FN3O2/c25-19-10-8-16(9-11-19)22-27-24(30-28-22)21-18-7-6-17(14-18)20(21)23(29)26-13-12-15-4-2-1-3-5-15/h1-5,8-11,17-18,20-21H,6-7,12-14H2,(H,26,29)/t17-,18+,20-,21-/m0/s1. The molecule has 0 unspecified atom stereocenters. The molecule has 1 aromatic heterocycles. The first kappa shape index (κ1) is 19.0. The second kappa shape index (κ2) is 8.01. The number of carbonyl (C=O) groups is 1. The van der Waals surface area contributed by atoms with Gasteiger partial charge in [-0.25, -0.2) is 4.39 Å². The fourth-order valence-corrected chi connectivity index (χ4v) is 5.20. The molecule has 5 nitrogen and oxygen atoms in total. The molecule has 5 rings (SSSR count). The summed E-state index contributed by atoms with van der Waals surface area (Å²) in [5, 5.41) is 7.23. The summed E-state index contributed by atoms with van der Waals surface area (Å²) < 4.78 is 18.8. The molecule has 2 aliphatic rings. The lowest BCUT2D eigenvalue weighted by Gasteiger charge is -2.27. The number of aromatic nitrogens is 2. The lowest BCUT2D eigenvalue weighted by molar-refractivity contribution is -0.127. The van der Waals surface area contributed by atoms with Crippen molar-refractivity contribution in [1.29, 1.82) is 0 Å². The molecule has 2 aromatic carbocycles. The van der Waals surface area contributed by atoms with E-state index >= 15 is 0 Å². The van der Waals surface area contributed by atoms with Crippen LogP contribution in [-0.4, -0.2) is 22.6 Å². The Labute approximate surface area is 174 Å². The van der Waals surface area contributed by atoms with Crippen LogP contribution in [0.15, 0.2) is 59.1 Å². The first-order valence-electron chi connectivity index (χ1n) is 10.6. The Bertz CT molecular complexity index is 1020. The highest BCUT2D eigenvalue weighted by atomic mass is 19.1. The van der Waals surface area contributed by atoms with Gasteiger partial charge in [0, 0.05) is 12.1 Å². The molecule has 2 fully saturated rings. The summed E-state index contributed by atoms with van der Waals surface area (Å²) in [6, 6.07) is 16.2. The van der Waals surface area contributed by atoms with E-state index in [2.05, 4.69) is 27.6 Å². The zero-order valence-corrected chi connectivity index (χ0v) is 16.6. The molecule has 0 saturated heterocycles. The van der Waals surface area contributed by atoms with Crippen molar-refractivity contribution >= 4 is 5.91 Å². The van der Waals surface area contributed by atoms with Gasteiger partial charge in [0.25, 0.3) is 0 Å². The van der Waals surface area contributed by atoms with Crippen molar-refractivity contribution < 1.29 is 13.7 Å². The van der Waals surface area contributed by atoms with Crippen LogP contribution in [0.2, 0.25) is 0 Å². The van der Waals surface area contributed by atoms with Gasteiger partial charge in [0.2, 0.25) is 17.6 Å². The van der Waals surface area contributed by atoms with Crippen LogP contribution in [0.25, 0.3) is 11.4 Å². The topological polar surface area (TPSA) is 68.0 Å². The maximum Gasteiger partial charge on any atom is 0.231 e. The number of fused-ring (bicyclic) bond motifs is 2. The van der Waals surface area contributed by atoms with Crippen molar-refractivity contribution in [3.05, 3.63) is 71.9 Å². The van der Waals surface area contributed by atoms with Crippen LogP contribution < -0.4 is 5.32 Å². The number of nitrogens with one attached hydrogen (secondary N) is 1. The average Bonchev–Trinajstić information content (AvgIpc) is 3.51. The van der Waals surface area contributed by atoms with E-state index in [0.29, 0.717) is 35.7 Å². The molecule has 3 aromatic rings. The van der Waals surface area contributed by atoms with Gasteiger partial charge in [-0.15, -0.1) is 0 Å². The largest absolute Gasteiger partial charge is 0.356 e. The number of hydrogen-bond acceptors (Lipinski definition) is 4. The van der Waals surface area contributed by atoms with Crippen LogP contribution in [-0.2, 0) is 11.2 Å². The quantitative estimate of drug-likeness (QED) is 0.661. The fourth-order valence-electron chi connectivity index (χ4n) is 5.20. The van der Waals surface area contributed by atoms with E-state index in [-0.39, 0.29) is 23.6 Å². The van der Waals surface area contributed by atoms with Crippen LogP contribution in [0.1, 0.15) is 36.6 Å². The van der Waals surface area contributed by atoms with Crippen molar-refractivity contribution in [2.45, 2.75) is 31.6 Å². The van der Waals surface area contributed by atoms with Crippen LogP contribution in [0.5, 0.6) is 0 Å². The van der Waals surface area contributed by atoms with Gasteiger partial charge in [-0.05, 0) is 67.3 Å². The molecular weight excluding hydrogens is 381 g/mol. The van der Waals surface area contributed by atoms with E-state index in [1.807, 2.05) is 18.2 Å². The van der Waals surface area contributed by atoms with E-state index in [9.17, 15) is 9.18 Å². The minimum Gasteiger partial charge on any atom is -0.356 e. The van der Waals surface area contributed by atoms with E-state index in [1.165, 1.54) is 17.7 Å². The average molecular weight is 405 g/mol. The Morgan fingerprint density at radius 1 is 1.07 bits per heavy atom. The van der Waals surface area contributed by atoms with Gasteiger partial charge in [-0.2, -0.15) is 4.98 Å². The molecule has 0 spiro atoms. The van der Waals surface area contributed by atoms with E-state index in [0.717, 1.165) is 25.7 Å². The maximum atomic E-state index is 13.2. The smallest absolute Gasteiger partial charge is 0.231 e. The van der Waals surface area contributed by atoms with Crippen molar-refractivity contribution in [3.8, 4) is 11.4 Å². The third kappa shape index (κ3) is 3.62. The Morgan fingerprint density at radius 3 is 2.63 bits per heavy atom. The minimum absolute atomic E-state index is 0.0397. The lowest BCUT2D eigenvalue weighted by atomic mass is 9.78. The second-order valence-corrected chi connectivity index (χ2v) is 8.37. The number of carbonyl (C=O) groups excluding carboxylic acids is 1. The predicted molar refractivity (Wildman–Crippen MR) is 110 cm³/mol. The number of nitrogens with zero attached hydrogens (tertiary/aromatic N) is 2. The SMILES string of the molecule is O=C(NCCc1ccccc1)[C@H]1[C@H]2CC[C@H](C2)[C@@H]1c1nc(-c2ccc(F)cc2)no1. The zero-order chi connectivity index (χ0) is 20.5. The van der Waals surface area contributed by atoms with Crippen molar-refractivity contribution in [2.24, 2.45) is 17.8 Å². The molecule has 1 amide bonds. The van der Waals surface area contributed by atoms with Gasteiger partial charge < -0.3 is 9.84 Å². The molecule has 0 aliphatic heterocycles. The molecular formula is C24H24FN3O2. The lowest BCUT2D eigenvalue weighted by Crippen LogP contribution is -2.38. The molecule has 0 radical (unpaired) electrons. The van der Waals surface area contributed by atoms with Gasteiger partial charge in [0.1, 0.15) is 5.82 Å². The van der Waals surface area contributed by atoms with E-state index < -0.39 is 0 Å². The predicted octanol–water partition coefficient (Wildman–Crippen LogP) is 4.36. The highest BCUT2D eigenvalue weighted by Crippen LogP contribution is 2.56. The van der Waals surface area contributed by atoms with E-state index in [1.54, 1.807) is 12.1 Å². The number of rotatable bonds is 6. The normalized spacial score (nSPS) is 24.8. The zero-order valence-electron chi connectivity index (χ0n) is 16.6. The summed E-state index contributed by atoms with van der Waals surface area (Å²) in [6.45, 7) is 0.619. The number of amides is 1. The third-order valence-corrected chi connectivity index (χ3v) is 6.60. The Kier molecular flexibility index (Phi) is 5.07. The summed E-state index contributed by atoms with van der Waals surface area (Å²) in [4.78, 5) is 17.7. The van der Waals surface area contributed by atoms with Crippen LogP contribution in [0.3, 0.4) is 0 Å². The van der Waals surface area contributed by atoms with Crippen molar-refractivity contribution in [1.82, 2.24) is 15.5 Å². The molecule has 4 atom stereocenters. The van der Waals surface area contributed by atoms with Gasteiger partial charge in [0.15, 0.2) is 0 Å². The van der Waals surface area contributed by atoms with Gasteiger partial charge in [0.05, 0.1) is 11.8 Å². The second-order valence-electron chi connectivity index (χ2n) is 8.37. The Morgan fingerprint density at radius 2 is 1.83 bits per heavy atom. The Balaban J connectivity index is 1.30. The van der Waals surface area contributed by atoms with Gasteiger partial charge in [-0.3, -0.25) is 4.79 Å². The van der Waals surface area contributed by atoms with Gasteiger partial charge >= 0.3 is 0 Å². The number of benzene rings is 2. The van der Waals surface area contributed by atoms with E-state index in [4.69, 9.17) is 4.52 Å². The van der Waals surface area contributed by atoms with Crippen LogP contribution in [0, 0.1) is 23.6 Å². The molecule has 1 heterocycles. The van der Waals surface area contributed by atoms with Crippen LogP contribution >= 0.6 is 0 Å². The highest BCUT2D eigenvalue weighted by molar-refractivity contribution is 5.80. The van der Waals surface area contributed by atoms with Crippen LogP contribution in [0.4, 0.5) is 4.39 Å². The molecule has 30 heavy (non-hydrogen) atoms. The molecule has 2 saturated carbocycles. The summed E-state index contributed by atoms with van der Waals surface area (Å²) in [5.41, 5.74) is 1.92. The number of halogens is 1. The first-order chi connectivity index (χ1) is 14.7. The summed E-state index contributed by atoms with van der Waals surface area (Å²) in [5.74, 6) is 1.37. The number of hydrogen-bond donors (Lipinski definition) is 1. The summed E-state index contributed by atoms with van der Waals surface area (Å²) >= 11 is 0. The molecule has 1 N–H and O–H groups in total. The minimum atomic E-state index is -0.303. The monoisotopic (exact) mass is 405 g/mol. The first-order valence-corrected chi connectivity index (χ1v) is 10.6. The Hall–Kier alpha value is -3.02. The third-order valence-electron chi connectivity index (χ3n) is 6.60. The van der Waals surface area contributed by atoms with Crippen molar-refractivity contribution in [3.63, 3.8) is 0 Å². The van der Waals surface area contributed by atoms with Gasteiger partial charge in [-0.1, -0.05) is 35.5 Å². The molecule has 154 valence electrons. The molecule has 6 heteroatoms. The summed E-state index contributed by atoms with van der Waals surface area (Å²) in [7, 11) is 0. The molecule has 2 aliphatic carbocycles. The molecule has 2 bridgehead atoms. The fraction of sp³-hybridized carbons (Fsp3) is 0.375.